The molecule has 1 fully saturated rings. The number of fused-ring (bicyclic) bond motifs is 1. The highest BCUT2D eigenvalue weighted by Crippen LogP contribution is 2.31. The van der Waals surface area contributed by atoms with Crippen LogP contribution in [0, 0.1) is 0 Å². The van der Waals surface area contributed by atoms with Gasteiger partial charge in [0.2, 0.25) is 11.8 Å². The largest absolute Gasteiger partial charge is 0.496 e. The third-order valence-electron chi connectivity index (χ3n) is 4.17. The van der Waals surface area contributed by atoms with Crippen LogP contribution in [0.4, 0.5) is 0 Å². The van der Waals surface area contributed by atoms with E-state index in [9.17, 15) is 9.59 Å². The van der Waals surface area contributed by atoms with Crippen molar-refractivity contribution in [3.05, 3.63) is 29.3 Å². The molecule has 21 heavy (non-hydrogen) atoms. The lowest BCUT2D eigenvalue weighted by molar-refractivity contribution is -0.139. The molecule has 2 heterocycles. The minimum atomic E-state index is -0.689. The third-order valence-corrected chi connectivity index (χ3v) is 4.17. The van der Waals surface area contributed by atoms with E-state index in [1.165, 1.54) is 4.90 Å². The van der Waals surface area contributed by atoms with Gasteiger partial charge in [-0.15, -0.1) is 0 Å². The Morgan fingerprint density at radius 2 is 2.24 bits per heavy atom. The number of imide groups is 1. The lowest BCUT2D eigenvalue weighted by Gasteiger charge is -2.30. The van der Waals surface area contributed by atoms with Crippen molar-refractivity contribution in [1.29, 1.82) is 0 Å². The molecule has 0 radical (unpaired) electrons. The van der Waals surface area contributed by atoms with Gasteiger partial charge in [0.15, 0.2) is 0 Å². The average molecular weight is 289 g/mol. The number of amides is 2. The van der Waals surface area contributed by atoms with Crippen molar-refractivity contribution < 1.29 is 14.3 Å². The molecule has 1 aromatic carbocycles. The van der Waals surface area contributed by atoms with Gasteiger partial charge < -0.3 is 15.8 Å². The number of likely N-dealkylation sites (tertiary alicyclic amines) is 1. The number of methoxy groups -OCH3 is 1. The summed E-state index contributed by atoms with van der Waals surface area (Å²) in [6.07, 6.45) is 0.980. The molecular formula is C15H19N3O3. The molecule has 0 spiro atoms. The standard InChI is InChI=1S/C15H19N3O3/c1-21-13-4-2-3-9-10(13)5-6-17-12(9)8-18-14(19)7-11(16)15(18)20/h2-4,11-12,17H,5-8,16H2,1H3. The molecule has 6 nitrogen and oxygen atoms in total. The molecule has 0 aliphatic carbocycles. The Balaban J connectivity index is 1.86. The van der Waals surface area contributed by atoms with Gasteiger partial charge in [-0.2, -0.15) is 0 Å². The second-order valence-electron chi connectivity index (χ2n) is 5.44. The summed E-state index contributed by atoms with van der Waals surface area (Å²) in [5.74, 6) is 0.385. The summed E-state index contributed by atoms with van der Waals surface area (Å²) >= 11 is 0. The number of hydrogen-bond acceptors (Lipinski definition) is 5. The third kappa shape index (κ3) is 2.41. The number of nitrogens with zero attached hydrogens (tertiary/aromatic N) is 1. The normalized spacial score (nSPS) is 25.1. The predicted octanol–water partition coefficient (Wildman–Crippen LogP) is -0.0318. The Labute approximate surface area is 123 Å². The number of carbonyl (C=O) groups is 2. The zero-order chi connectivity index (χ0) is 15.0. The first kappa shape index (κ1) is 14.0. The van der Waals surface area contributed by atoms with Crippen LogP contribution in [0.25, 0.3) is 0 Å². The molecule has 1 aromatic rings. The number of nitrogens with two attached hydrogens (primary N) is 1. The van der Waals surface area contributed by atoms with Gasteiger partial charge in [0.05, 0.1) is 25.6 Å². The Bertz CT molecular complexity index is 588. The molecular weight excluding hydrogens is 270 g/mol. The minimum absolute atomic E-state index is 0.0675. The number of benzene rings is 1. The zero-order valence-electron chi connectivity index (χ0n) is 12.0. The summed E-state index contributed by atoms with van der Waals surface area (Å²) in [5, 5.41) is 3.37. The van der Waals surface area contributed by atoms with Crippen LogP contribution in [0.2, 0.25) is 0 Å². The topological polar surface area (TPSA) is 84.7 Å². The van der Waals surface area contributed by atoms with Gasteiger partial charge in [-0.3, -0.25) is 14.5 Å². The van der Waals surface area contributed by atoms with E-state index in [-0.39, 0.29) is 24.3 Å². The van der Waals surface area contributed by atoms with Crippen molar-refractivity contribution in [3.63, 3.8) is 0 Å². The van der Waals surface area contributed by atoms with E-state index in [2.05, 4.69) is 5.32 Å². The molecule has 3 N–H and O–H groups in total. The molecule has 2 atom stereocenters. The van der Waals surface area contributed by atoms with E-state index >= 15 is 0 Å². The van der Waals surface area contributed by atoms with E-state index in [4.69, 9.17) is 10.5 Å². The minimum Gasteiger partial charge on any atom is -0.496 e. The molecule has 2 aliphatic rings. The number of nitrogens with one attached hydrogen (secondary N) is 1. The van der Waals surface area contributed by atoms with Crippen LogP contribution >= 0.6 is 0 Å². The Hall–Kier alpha value is -1.92. The second kappa shape index (κ2) is 5.46. The van der Waals surface area contributed by atoms with Gasteiger partial charge in [-0.1, -0.05) is 12.1 Å². The van der Waals surface area contributed by atoms with Gasteiger partial charge in [-0.05, 0) is 24.6 Å². The first-order chi connectivity index (χ1) is 10.1. The van der Waals surface area contributed by atoms with Crippen molar-refractivity contribution in [2.24, 2.45) is 5.73 Å². The number of carbonyl (C=O) groups excluding carboxylic acids is 2. The van der Waals surface area contributed by atoms with Crippen LogP contribution in [0.3, 0.4) is 0 Å². The zero-order valence-corrected chi connectivity index (χ0v) is 12.0. The van der Waals surface area contributed by atoms with Gasteiger partial charge in [0.1, 0.15) is 5.75 Å². The number of hydrogen-bond donors (Lipinski definition) is 2. The van der Waals surface area contributed by atoms with Gasteiger partial charge in [0.25, 0.3) is 0 Å². The lowest BCUT2D eigenvalue weighted by atomic mass is 9.93. The summed E-state index contributed by atoms with van der Waals surface area (Å²) in [7, 11) is 1.65. The van der Waals surface area contributed by atoms with E-state index in [1.54, 1.807) is 7.11 Å². The van der Waals surface area contributed by atoms with Gasteiger partial charge >= 0.3 is 0 Å². The summed E-state index contributed by atoms with van der Waals surface area (Å²) in [6.45, 7) is 1.12. The molecule has 0 aromatic heterocycles. The SMILES string of the molecule is COc1cccc2c1CCNC2CN1C(=O)CC(N)C1=O. The highest BCUT2D eigenvalue weighted by Gasteiger charge is 2.38. The Morgan fingerprint density at radius 1 is 1.43 bits per heavy atom. The predicted molar refractivity (Wildman–Crippen MR) is 76.8 cm³/mol. The molecule has 6 heteroatoms. The average Bonchev–Trinajstić information content (AvgIpc) is 2.73. The molecule has 0 bridgehead atoms. The quantitative estimate of drug-likeness (QED) is 0.763. The van der Waals surface area contributed by atoms with Crippen molar-refractivity contribution >= 4 is 11.8 Å². The van der Waals surface area contributed by atoms with E-state index in [1.807, 2.05) is 18.2 Å². The van der Waals surface area contributed by atoms with E-state index in [0.29, 0.717) is 6.54 Å². The highest BCUT2D eigenvalue weighted by atomic mass is 16.5. The molecule has 2 amide bonds. The smallest absolute Gasteiger partial charge is 0.246 e. The Morgan fingerprint density at radius 3 is 2.90 bits per heavy atom. The second-order valence-corrected chi connectivity index (χ2v) is 5.44. The fraction of sp³-hybridized carbons (Fsp3) is 0.467. The van der Waals surface area contributed by atoms with E-state index < -0.39 is 6.04 Å². The van der Waals surface area contributed by atoms with Gasteiger partial charge in [0, 0.05) is 12.1 Å². The first-order valence-corrected chi connectivity index (χ1v) is 7.10. The van der Waals surface area contributed by atoms with Crippen molar-refractivity contribution in [3.8, 4) is 5.75 Å². The molecule has 0 saturated carbocycles. The summed E-state index contributed by atoms with van der Waals surface area (Å²) in [6, 6.07) is 5.12. The van der Waals surface area contributed by atoms with Crippen LogP contribution in [-0.4, -0.2) is 43.0 Å². The summed E-state index contributed by atoms with van der Waals surface area (Å²) in [5.41, 5.74) is 7.88. The molecule has 2 unspecified atom stereocenters. The highest BCUT2D eigenvalue weighted by molar-refractivity contribution is 6.05. The summed E-state index contributed by atoms with van der Waals surface area (Å²) < 4.78 is 5.39. The maximum atomic E-state index is 12.0. The fourth-order valence-electron chi connectivity index (χ4n) is 3.10. The number of rotatable bonds is 3. The molecule has 2 aliphatic heterocycles. The maximum Gasteiger partial charge on any atom is 0.246 e. The Kier molecular flexibility index (Phi) is 3.65. The first-order valence-electron chi connectivity index (χ1n) is 7.10. The monoisotopic (exact) mass is 289 g/mol. The lowest BCUT2D eigenvalue weighted by Crippen LogP contribution is -2.43. The van der Waals surface area contributed by atoms with Gasteiger partial charge in [-0.25, -0.2) is 0 Å². The molecule has 1 saturated heterocycles. The van der Waals surface area contributed by atoms with Crippen molar-refractivity contribution in [2.75, 3.05) is 20.2 Å². The van der Waals surface area contributed by atoms with Crippen LogP contribution in [0.15, 0.2) is 18.2 Å². The summed E-state index contributed by atoms with van der Waals surface area (Å²) in [4.78, 5) is 25.1. The fourth-order valence-corrected chi connectivity index (χ4v) is 3.10. The molecule has 112 valence electrons. The van der Waals surface area contributed by atoms with Crippen LogP contribution in [0.1, 0.15) is 23.6 Å². The molecule has 3 rings (SSSR count). The number of ether oxygens (including phenoxy) is 1. The van der Waals surface area contributed by atoms with Crippen LogP contribution in [-0.2, 0) is 16.0 Å². The van der Waals surface area contributed by atoms with Crippen LogP contribution < -0.4 is 15.8 Å². The van der Waals surface area contributed by atoms with Crippen molar-refractivity contribution in [2.45, 2.75) is 24.9 Å². The van der Waals surface area contributed by atoms with Crippen LogP contribution in [0.5, 0.6) is 5.75 Å². The van der Waals surface area contributed by atoms with E-state index in [0.717, 1.165) is 29.8 Å². The van der Waals surface area contributed by atoms with Crippen molar-refractivity contribution in [1.82, 2.24) is 10.2 Å². The maximum absolute atomic E-state index is 12.0.